The monoisotopic (exact) mass is 695 g/mol. The van der Waals surface area contributed by atoms with Crippen molar-refractivity contribution < 1.29 is 24.5 Å². The number of aliphatic hydroxyl groups is 1. The Morgan fingerprint density at radius 3 is 2.35 bits per heavy atom. The molecule has 10 nitrogen and oxygen atoms in total. The Morgan fingerprint density at radius 2 is 1.71 bits per heavy atom. The molecule has 9 rings (SSSR count). The zero-order valence-corrected chi connectivity index (χ0v) is 30.4. The Kier molecular flexibility index (Phi) is 8.67. The van der Waals surface area contributed by atoms with Gasteiger partial charge in [-0.25, -0.2) is 4.79 Å². The lowest BCUT2D eigenvalue weighted by molar-refractivity contribution is -0.124. The summed E-state index contributed by atoms with van der Waals surface area (Å²) in [6.07, 6.45) is 19.8. The van der Waals surface area contributed by atoms with Crippen LogP contribution in [0.5, 0.6) is 5.75 Å². The number of β-amino-alcohol motifs (C(OH)–C–C–N with tert-alkyl or cyclic N) is 1. The molecule has 6 aliphatic rings. The maximum Gasteiger partial charge on any atom is 0.407 e. The largest absolute Gasteiger partial charge is 0.496 e. The van der Waals surface area contributed by atoms with Gasteiger partial charge < -0.3 is 19.8 Å². The number of methoxy groups -OCH3 is 1. The minimum Gasteiger partial charge on any atom is -0.496 e. The number of rotatable bonds is 9. The third kappa shape index (κ3) is 6.01. The van der Waals surface area contributed by atoms with E-state index in [1.54, 1.807) is 7.11 Å². The highest BCUT2D eigenvalue weighted by atomic mass is 16.5. The molecule has 2 atom stereocenters. The Bertz CT molecular complexity index is 1770. The van der Waals surface area contributed by atoms with E-state index in [0.717, 1.165) is 106 Å². The van der Waals surface area contributed by atoms with Crippen molar-refractivity contribution in [1.82, 2.24) is 19.7 Å². The van der Waals surface area contributed by atoms with Crippen LogP contribution in [0.2, 0.25) is 0 Å². The van der Waals surface area contributed by atoms with Crippen LogP contribution in [0, 0.1) is 24.2 Å². The summed E-state index contributed by atoms with van der Waals surface area (Å²) in [5, 5.41) is 24.6. The summed E-state index contributed by atoms with van der Waals surface area (Å²) in [5.74, 6) is 1.37. The molecule has 272 valence electrons. The fraction of sp³-hybridized carbons (Fsp3) is 0.610. The third-order valence-electron chi connectivity index (χ3n) is 13.9. The number of nitrogens with zero attached hydrogens (tertiary/aromatic N) is 5. The summed E-state index contributed by atoms with van der Waals surface area (Å²) in [5.41, 5.74) is 5.46. The second kappa shape index (κ2) is 12.9. The van der Waals surface area contributed by atoms with Gasteiger partial charge in [-0.2, -0.15) is 5.10 Å². The number of benzene rings is 1. The number of hydrogen-bond acceptors (Lipinski definition) is 6. The molecular weight excluding hydrogens is 642 g/mol. The van der Waals surface area contributed by atoms with E-state index >= 15 is 0 Å². The van der Waals surface area contributed by atoms with Crippen LogP contribution < -0.4 is 9.64 Å². The highest BCUT2D eigenvalue weighted by Gasteiger charge is 2.55. The molecule has 5 aliphatic carbocycles. The smallest absolute Gasteiger partial charge is 0.407 e. The van der Waals surface area contributed by atoms with E-state index < -0.39 is 12.2 Å². The van der Waals surface area contributed by atoms with Crippen molar-refractivity contribution in [2.24, 2.45) is 17.3 Å². The number of ether oxygens (including phenoxy) is 1. The van der Waals surface area contributed by atoms with Crippen LogP contribution in [0.3, 0.4) is 0 Å². The molecule has 5 saturated carbocycles. The van der Waals surface area contributed by atoms with Crippen LogP contribution in [0.25, 0.3) is 11.1 Å². The summed E-state index contributed by atoms with van der Waals surface area (Å²) >= 11 is 0. The number of carboxylic acid groups (broad SMARTS) is 1. The number of anilines is 1. The van der Waals surface area contributed by atoms with Crippen LogP contribution >= 0.6 is 0 Å². The molecule has 1 saturated heterocycles. The standard InChI is InChI=1S/C41H53N5O5/c1-27-17-32(9-10-35(27)51-3)41-14-11-40(12-15-41,13-16-41)26-45(37(48)28-7-5-4-6-8-28)33-18-29(21-42-23-33)31-22-43-46(24-31)39(2)19-30(20-39)36-34(47)25-44(36)38(49)50/h9-10,17-18,21-24,28,30,34,36,47H,4-8,11-16,19-20,25-26H2,1-3H3,(H,49,50). The normalized spacial score (nSPS) is 31.8. The van der Waals surface area contributed by atoms with Crippen molar-refractivity contribution in [3.05, 3.63) is 60.2 Å². The van der Waals surface area contributed by atoms with Crippen molar-refractivity contribution >= 4 is 17.7 Å². The zero-order valence-electron chi connectivity index (χ0n) is 30.4. The quantitative estimate of drug-likeness (QED) is 0.241. The second-order valence-electron chi connectivity index (χ2n) is 17.0. The average Bonchev–Trinajstić information content (AvgIpc) is 3.64. The predicted molar refractivity (Wildman–Crippen MR) is 195 cm³/mol. The number of aromatic nitrogens is 3. The lowest BCUT2D eigenvalue weighted by Crippen LogP contribution is -2.68. The molecule has 3 aromatic rings. The number of likely N-dealkylation sites (tertiary alicyclic amines) is 1. The third-order valence-corrected chi connectivity index (χ3v) is 13.9. The van der Waals surface area contributed by atoms with Crippen molar-refractivity contribution in [3.63, 3.8) is 0 Å². The van der Waals surface area contributed by atoms with Crippen LogP contribution in [0.1, 0.15) is 102 Å². The number of pyridine rings is 1. The first-order chi connectivity index (χ1) is 24.5. The Balaban J connectivity index is 1.01. The minimum absolute atomic E-state index is 0.0628. The number of fused-ring (bicyclic) bond motifs is 3. The molecule has 0 spiro atoms. The number of aryl methyl sites for hydroxylation is 1. The Morgan fingerprint density at radius 1 is 0.980 bits per heavy atom. The predicted octanol–water partition coefficient (Wildman–Crippen LogP) is 7.32. The first-order valence-electron chi connectivity index (χ1n) is 19.2. The van der Waals surface area contributed by atoms with Crippen molar-refractivity contribution in [1.29, 1.82) is 0 Å². The van der Waals surface area contributed by atoms with Crippen LogP contribution in [0.15, 0.2) is 49.1 Å². The van der Waals surface area contributed by atoms with Gasteiger partial charge in [-0.1, -0.05) is 31.4 Å². The van der Waals surface area contributed by atoms with E-state index in [4.69, 9.17) is 14.8 Å². The number of carbonyl (C=O) groups excluding carboxylic acids is 1. The molecule has 2 bridgehead atoms. The van der Waals surface area contributed by atoms with Crippen LogP contribution in [-0.4, -0.2) is 74.2 Å². The van der Waals surface area contributed by atoms with Gasteiger partial charge in [-0.3, -0.25) is 19.4 Å². The molecule has 6 fully saturated rings. The minimum atomic E-state index is -0.966. The molecule has 2 unspecified atom stereocenters. The SMILES string of the molecule is COc1ccc(C23CCC(CN(C(=O)C4CCCCC4)c4cncc(-c5cnn(C6(C)CC(C7C(O)CN7C(=O)O)C6)c5)c4)(CC2)CC3)cc1C. The van der Waals surface area contributed by atoms with Gasteiger partial charge in [0, 0.05) is 36.0 Å². The van der Waals surface area contributed by atoms with E-state index in [1.165, 1.54) is 22.4 Å². The lowest BCUT2D eigenvalue weighted by Gasteiger charge is -2.56. The van der Waals surface area contributed by atoms with Gasteiger partial charge in [0.05, 0.1) is 49.4 Å². The molecular formula is C41H53N5O5. The van der Waals surface area contributed by atoms with E-state index in [2.05, 4.69) is 49.2 Å². The van der Waals surface area contributed by atoms with Crippen LogP contribution in [0.4, 0.5) is 10.5 Å². The topological polar surface area (TPSA) is 121 Å². The van der Waals surface area contributed by atoms with Gasteiger partial charge in [-0.15, -0.1) is 0 Å². The van der Waals surface area contributed by atoms with Gasteiger partial charge in [0.15, 0.2) is 0 Å². The highest BCUT2D eigenvalue weighted by Crippen LogP contribution is 2.58. The average molecular weight is 696 g/mol. The summed E-state index contributed by atoms with van der Waals surface area (Å²) in [4.78, 5) is 34.2. The Hall–Kier alpha value is -3.92. The Labute approximate surface area is 301 Å². The van der Waals surface area contributed by atoms with E-state index in [-0.39, 0.29) is 46.7 Å². The molecule has 1 aromatic carbocycles. The van der Waals surface area contributed by atoms with Gasteiger partial charge in [0.2, 0.25) is 5.91 Å². The van der Waals surface area contributed by atoms with Gasteiger partial charge >= 0.3 is 6.09 Å². The fourth-order valence-corrected chi connectivity index (χ4v) is 10.6. The van der Waals surface area contributed by atoms with Crippen molar-refractivity contribution in [2.75, 3.05) is 25.1 Å². The number of aliphatic hydroxyl groups excluding tert-OH is 1. The molecule has 1 aliphatic heterocycles. The summed E-state index contributed by atoms with van der Waals surface area (Å²) in [6.45, 7) is 5.21. The van der Waals surface area contributed by atoms with E-state index in [0.29, 0.717) is 0 Å². The lowest BCUT2D eigenvalue weighted by atomic mass is 9.51. The zero-order chi connectivity index (χ0) is 35.5. The molecule has 2 N–H and O–H groups in total. The number of amides is 2. The maximum atomic E-state index is 14.5. The van der Waals surface area contributed by atoms with Gasteiger partial charge in [0.25, 0.3) is 0 Å². The van der Waals surface area contributed by atoms with Crippen molar-refractivity contribution in [2.45, 2.75) is 120 Å². The number of hydrogen-bond donors (Lipinski definition) is 2. The molecule has 2 aromatic heterocycles. The van der Waals surface area contributed by atoms with Crippen molar-refractivity contribution in [3.8, 4) is 16.9 Å². The maximum absolute atomic E-state index is 14.5. The second-order valence-corrected chi connectivity index (χ2v) is 17.0. The molecule has 3 heterocycles. The molecule has 2 amide bonds. The van der Waals surface area contributed by atoms with Crippen LogP contribution in [-0.2, 0) is 15.7 Å². The molecule has 10 heteroatoms. The molecule has 51 heavy (non-hydrogen) atoms. The molecule has 0 radical (unpaired) electrons. The first-order valence-corrected chi connectivity index (χ1v) is 19.2. The van der Waals surface area contributed by atoms with E-state index in [9.17, 15) is 19.8 Å². The summed E-state index contributed by atoms with van der Waals surface area (Å²) in [6, 6.07) is 8.53. The number of carbonyl (C=O) groups is 2. The van der Waals surface area contributed by atoms with Gasteiger partial charge in [0.1, 0.15) is 5.75 Å². The fourth-order valence-electron chi connectivity index (χ4n) is 10.6. The highest BCUT2D eigenvalue weighted by molar-refractivity contribution is 5.95. The first kappa shape index (κ1) is 34.2. The summed E-state index contributed by atoms with van der Waals surface area (Å²) < 4.78 is 7.55. The van der Waals surface area contributed by atoms with Gasteiger partial charge in [-0.05, 0) is 118 Å². The summed E-state index contributed by atoms with van der Waals surface area (Å²) in [7, 11) is 1.74. The van der Waals surface area contributed by atoms with E-state index in [1.807, 2.05) is 23.3 Å².